The van der Waals surface area contributed by atoms with Crippen LogP contribution in [0.5, 0.6) is 11.5 Å². The molecule has 0 atom stereocenters. The molecule has 0 fully saturated rings. The fourth-order valence-corrected chi connectivity index (χ4v) is 9.57. The van der Waals surface area contributed by atoms with Gasteiger partial charge in [-0.3, -0.25) is 73.7 Å². The van der Waals surface area contributed by atoms with E-state index in [0.29, 0.717) is 89.6 Å². The van der Waals surface area contributed by atoms with E-state index in [1.54, 1.807) is 65.8 Å². The SMILES string of the molecule is Br.CC(=O)O.CCN(C(C)C)C(C)C.CCOC(=O)C(=O)Cc1ccc(C)c(F)c1.CCOOC#COCl.Cc1ccc(CC(=O)C(=O)NCCc2ccccc2)cc1F.Cc1ccc([N+](=O)[O-])cc1F.Cc1ccc([N+](=O)[O-])cc1F.NCCc1ccccc1.O=C(Cc1ccc(O)c(F)c1)C(=O)NCCc1ccccc1.O=CO[O-].O=[N+]([O-])c1ccc(O)c(F)c1.[Fe].[H-].[K+].[K+]. The Bertz CT molecular complexity index is 4700. The van der Waals surface area contributed by atoms with Gasteiger partial charge in [-0.2, -0.15) is 4.89 Å². The predicted octanol–water partition coefficient (Wildman–Crippen LogP) is 9.52. The number of ether oxygens (including phenoxy) is 1. The average Bonchev–Trinajstić information content (AvgIpc) is 0.898. The van der Waals surface area contributed by atoms with Crippen LogP contribution >= 0.6 is 28.8 Å². The minimum atomic E-state index is -0.987. The summed E-state index contributed by atoms with van der Waals surface area (Å²) in [6.45, 7) is 25.1. The summed E-state index contributed by atoms with van der Waals surface area (Å²) in [7, 11) is 0. The Kier molecular flexibility index (Phi) is 79.5. The van der Waals surface area contributed by atoms with E-state index in [-0.39, 0.29) is 199 Å². The van der Waals surface area contributed by atoms with E-state index >= 15 is 0 Å². The Balaban J connectivity index is -0.000000268. The van der Waals surface area contributed by atoms with Gasteiger partial charge in [-0.15, -0.1) is 17.0 Å². The molecule has 131 heavy (non-hydrogen) atoms. The second kappa shape index (κ2) is 78.9. The Morgan fingerprint density at radius 1 is 0.496 bits per heavy atom. The van der Waals surface area contributed by atoms with Crippen LogP contribution < -0.4 is 124 Å². The van der Waals surface area contributed by atoms with E-state index in [2.05, 4.69) is 97.8 Å². The Hall–Kier alpha value is -9.72. The van der Waals surface area contributed by atoms with Crippen molar-refractivity contribution in [3.63, 3.8) is 0 Å². The topological polar surface area (TPSA) is 449 Å². The number of halogens is 8. The van der Waals surface area contributed by atoms with Gasteiger partial charge < -0.3 is 52.3 Å². The summed E-state index contributed by atoms with van der Waals surface area (Å²) in [5.41, 5.74) is 11.2. The molecule has 7 N–H and O–H groups in total. The monoisotopic (exact) mass is 2010 g/mol. The summed E-state index contributed by atoms with van der Waals surface area (Å²) in [4.78, 5) is 129. The number of carbonyl (C=O) groups excluding carboxylic acids is 7. The zero-order valence-electron chi connectivity index (χ0n) is 75.6. The van der Waals surface area contributed by atoms with Gasteiger partial charge in [0.2, 0.25) is 23.5 Å². The number of amides is 2. The predicted molar refractivity (Wildman–Crippen MR) is 471 cm³/mol. The zero-order valence-corrected chi connectivity index (χ0v) is 84.4. The Morgan fingerprint density at radius 3 is 1.07 bits per heavy atom. The fraction of sp³-hybridized carbons (Fsp3) is 0.289. The average molecular weight is 2020 g/mol. The third kappa shape index (κ3) is 63.9. The van der Waals surface area contributed by atoms with E-state index in [1.165, 1.54) is 48.0 Å². The number of aliphatic carboxylic acids is 1. The maximum atomic E-state index is 13.4. The van der Waals surface area contributed by atoms with Crippen LogP contribution in [0.4, 0.5) is 43.4 Å². The summed E-state index contributed by atoms with van der Waals surface area (Å²) < 4.78 is 85.7. The molecule has 0 unspecified atom stereocenters. The molecule has 9 rings (SSSR count). The number of nitro benzene ring substituents is 3. The largest absolute Gasteiger partial charge is 1.00 e. The molecule has 30 nitrogen and oxygen atoms in total. The second-order valence-electron chi connectivity index (χ2n) is 26.3. The number of carboxylic acid groups (broad SMARTS) is 1. The van der Waals surface area contributed by atoms with Gasteiger partial charge in [0.05, 0.1) is 46.2 Å². The van der Waals surface area contributed by atoms with Gasteiger partial charge in [0, 0.05) is 86.6 Å². The third-order valence-electron chi connectivity index (χ3n) is 15.9. The number of hydrogen-bond donors (Lipinski definition) is 6. The maximum Gasteiger partial charge on any atom is 1.00 e. The minimum absolute atomic E-state index is 0. The van der Waals surface area contributed by atoms with Crippen LogP contribution in [0.25, 0.3) is 0 Å². The summed E-state index contributed by atoms with van der Waals surface area (Å²) in [5.74, 6) is -9.58. The number of carbonyl (C=O) groups is 8. The molecule has 0 radical (unpaired) electrons. The van der Waals surface area contributed by atoms with Crippen molar-refractivity contribution in [2.24, 2.45) is 5.73 Å². The molecular formula is C90H105BrClF6FeK2N7O23. The van der Waals surface area contributed by atoms with E-state index < -0.39 is 90.6 Å². The van der Waals surface area contributed by atoms with Gasteiger partial charge in [0.15, 0.2) is 29.2 Å². The van der Waals surface area contributed by atoms with Gasteiger partial charge in [0.1, 0.15) is 35.1 Å². The molecule has 9 aromatic carbocycles. The molecule has 0 aliphatic heterocycles. The van der Waals surface area contributed by atoms with Crippen molar-refractivity contribution in [2.75, 3.05) is 39.4 Å². The first kappa shape index (κ1) is 132. The van der Waals surface area contributed by atoms with Crippen LogP contribution in [-0.4, -0.2) is 134 Å². The number of phenols is 2. The number of aryl methyl sites for hydroxylation is 4. The number of Topliss-reactive ketones (excluding diaryl/α,β-unsaturated/α-hetero) is 3. The van der Waals surface area contributed by atoms with Crippen molar-refractivity contribution in [1.29, 1.82) is 0 Å². The van der Waals surface area contributed by atoms with Crippen LogP contribution in [-0.2, 0) is 118 Å². The summed E-state index contributed by atoms with van der Waals surface area (Å²) in [6, 6.07) is 53.3. The summed E-state index contributed by atoms with van der Waals surface area (Å²) >= 11 is 4.67. The number of esters is 1. The normalized spacial score (nSPS) is 9.31. The quantitative estimate of drug-likeness (QED) is 0.00266. The van der Waals surface area contributed by atoms with Crippen LogP contribution in [0.3, 0.4) is 0 Å². The molecule has 0 aromatic heterocycles. The smallest absolute Gasteiger partial charge is 1.00 e. The molecular weight excluding hydrogens is 1910 g/mol. The van der Waals surface area contributed by atoms with Crippen LogP contribution in [0.2, 0.25) is 0 Å². The molecule has 0 saturated carbocycles. The first-order valence-electron chi connectivity index (χ1n) is 38.4. The van der Waals surface area contributed by atoms with Crippen molar-refractivity contribution in [1.82, 2.24) is 15.5 Å². The number of aromatic hydroxyl groups is 2. The number of hydrogen-bond acceptors (Lipinski definition) is 24. The molecule has 0 bridgehead atoms. The molecule has 0 heterocycles. The van der Waals surface area contributed by atoms with Gasteiger partial charge in [-0.1, -0.05) is 128 Å². The van der Waals surface area contributed by atoms with Crippen molar-refractivity contribution in [3.8, 4) is 23.7 Å². The van der Waals surface area contributed by atoms with Gasteiger partial charge in [-0.05, 0) is 200 Å². The van der Waals surface area contributed by atoms with Gasteiger partial charge in [-0.25, -0.2) is 31.1 Å². The van der Waals surface area contributed by atoms with Gasteiger partial charge >= 0.3 is 109 Å². The Morgan fingerprint density at radius 2 is 0.794 bits per heavy atom. The minimum Gasteiger partial charge on any atom is -1.00 e. The van der Waals surface area contributed by atoms with Crippen LogP contribution in [0.15, 0.2) is 200 Å². The van der Waals surface area contributed by atoms with E-state index in [1.807, 2.05) is 91.1 Å². The summed E-state index contributed by atoms with van der Waals surface area (Å²) in [6.07, 6.45) is 5.83. The third-order valence-corrected chi connectivity index (χ3v) is 15.9. The van der Waals surface area contributed by atoms with Gasteiger partial charge in [0.25, 0.3) is 41.3 Å². The second-order valence-corrected chi connectivity index (χ2v) is 26.4. The maximum absolute atomic E-state index is 13.4. The molecule has 0 saturated heterocycles. The van der Waals surface area contributed by atoms with Crippen LogP contribution in [0.1, 0.15) is 112 Å². The van der Waals surface area contributed by atoms with E-state index in [9.17, 15) is 85.5 Å². The molecule has 41 heteroatoms. The number of nitrogens with two attached hydrogens (primary N) is 1. The van der Waals surface area contributed by atoms with E-state index in [0.717, 1.165) is 74.0 Å². The number of ketones is 3. The van der Waals surface area contributed by atoms with Crippen molar-refractivity contribution < 1.29 is 245 Å². The number of non-ortho nitro benzene ring substituents is 3. The Labute approximate surface area is 868 Å². The molecule has 0 aliphatic rings. The van der Waals surface area contributed by atoms with Crippen molar-refractivity contribution >= 4 is 93.5 Å². The molecule has 0 spiro atoms. The number of phenolic OH excluding ortho intramolecular Hbond substituents is 2. The number of nitrogens with one attached hydrogen (secondary N) is 2. The number of carboxylic acids is 1. The number of benzene rings is 9. The standard InChI is InChI=1S/C18H18FNO2.C17H16FNO3.C12H13FO3.C8H11N.C8H19N.2C7H6FNO2.C6H4FNO3.C4H5ClO3.C2H4O2.CH2O3.BrH.Fe.2K.H/c1-13-7-8-15(11-16(13)19)12-17(21)18(22)20-10-9-14-5-3-2-4-6-14;18-14-10-13(6-7-15(14)20)11-16(21)17(22)19-9-8-12-4-2-1-3-5-12;1-3-16-12(15)11(14)7-9-5-4-8(2)10(13)6-9;9-7-6-8-4-2-1-3-5-8;1-6-9(7(2)3)8(4)5;2*1-5-2-3-6(9(10)11)4-7(5)8;7-5-3-4(8(10)11)1-2-6(5)9;1-2-7-8-4-3-6-5;1-2(3)4;2-1-4-3;;;;;/h2-8,11H,9-10,12H2,1H3,(H,20,22);1-7,10,20H,8-9,11H2,(H,19,22);4-6H,3,7H2,1-2H3;1-5H,6-7,9H2;7-8H,6H2,1-5H3;2*2-4H,1H3;1-3,9H;2H2,1H3;1H3,(H,3,4);1,3H;1H;;;;/q;;;;;;;;;;;;;2*+1;-1/p-1. The summed E-state index contributed by atoms with van der Waals surface area (Å²) in [5, 5.41) is 68.9. The van der Waals surface area contributed by atoms with Crippen LogP contribution in [0, 0.1) is 105 Å². The van der Waals surface area contributed by atoms with E-state index in [4.69, 9.17) is 35.9 Å². The molecule has 9 aromatic rings. The first-order chi connectivity index (χ1) is 60.1. The van der Waals surface area contributed by atoms with Crippen molar-refractivity contribution in [2.45, 2.75) is 134 Å². The fourth-order valence-electron chi connectivity index (χ4n) is 9.54. The molecule has 0 aliphatic carbocycles. The molecule has 2 amide bonds. The molecule has 704 valence electrons. The number of nitrogens with zero attached hydrogens (tertiary/aromatic N) is 4. The first-order valence-corrected chi connectivity index (χ1v) is 38.7. The van der Waals surface area contributed by atoms with Crippen molar-refractivity contribution in [3.05, 3.63) is 321 Å². The number of nitro groups is 3. The zero-order chi connectivity index (χ0) is 96.5. The number of rotatable bonds is 27.